The van der Waals surface area contributed by atoms with E-state index in [2.05, 4.69) is 18.2 Å². The molecule has 18 heavy (non-hydrogen) atoms. The van der Waals surface area contributed by atoms with E-state index in [1.165, 1.54) is 11.1 Å². The lowest BCUT2D eigenvalue weighted by Crippen LogP contribution is -2.09. The number of hydrogen-bond acceptors (Lipinski definition) is 3. The van der Waals surface area contributed by atoms with Crippen LogP contribution in [0.5, 0.6) is 5.75 Å². The number of rotatable bonds is 7. The van der Waals surface area contributed by atoms with Crippen LogP contribution in [0.2, 0.25) is 0 Å². The minimum absolute atomic E-state index is 0.218. The average molecular weight is 250 g/mol. The molecule has 100 valence electrons. The minimum Gasteiger partial charge on any atom is -0.493 e. The van der Waals surface area contributed by atoms with Crippen LogP contribution in [-0.4, -0.2) is 31.5 Å². The predicted octanol–water partition coefficient (Wildman–Crippen LogP) is 2.34. The van der Waals surface area contributed by atoms with Gasteiger partial charge in [-0.3, -0.25) is 0 Å². The van der Waals surface area contributed by atoms with E-state index in [9.17, 15) is 5.11 Å². The van der Waals surface area contributed by atoms with E-state index in [1.54, 1.807) is 7.11 Å². The molecule has 0 saturated carbocycles. The van der Waals surface area contributed by atoms with Gasteiger partial charge < -0.3 is 14.6 Å². The maximum absolute atomic E-state index is 9.85. The Hall–Kier alpha value is -1.06. The van der Waals surface area contributed by atoms with E-state index < -0.39 is 0 Å². The Morgan fingerprint density at radius 3 is 3.11 bits per heavy atom. The van der Waals surface area contributed by atoms with Gasteiger partial charge in [-0.2, -0.15) is 0 Å². The standard InChI is InChI=1S/C15H22O3/c1-17-9-2-3-14(16)6-4-12-5-7-15-13(11-12)8-10-18-15/h5,7,11,14,16H,2-4,6,8-10H2,1H3. The van der Waals surface area contributed by atoms with Crippen LogP contribution in [-0.2, 0) is 17.6 Å². The van der Waals surface area contributed by atoms with Gasteiger partial charge in [0.25, 0.3) is 0 Å². The highest BCUT2D eigenvalue weighted by atomic mass is 16.5. The molecule has 0 aliphatic carbocycles. The fraction of sp³-hybridized carbons (Fsp3) is 0.600. The molecular formula is C15H22O3. The van der Waals surface area contributed by atoms with Gasteiger partial charge in [0.05, 0.1) is 12.7 Å². The zero-order valence-electron chi connectivity index (χ0n) is 11.0. The molecule has 1 unspecified atom stereocenters. The summed E-state index contributed by atoms with van der Waals surface area (Å²) < 4.78 is 10.5. The summed E-state index contributed by atoms with van der Waals surface area (Å²) in [6.07, 6.45) is 4.30. The van der Waals surface area contributed by atoms with Gasteiger partial charge in [-0.1, -0.05) is 12.1 Å². The first-order chi connectivity index (χ1) is 8.79. The van der Waals surface area contributed by atoms with Crippen molar-refractivity contribution >= 4 is 0 Å². The van der Waals surface area contributed by atoms with Crippen LogP contribution in [0.1, 0.15) is 30.4 Å². The molecule has 1 aromatic rings. The Morgan fingerprint density at radius 2 is 2.28 bits per heavy atom. The van der Waals surface area contributed by atoms with Crippen LogP contribution in [0.15, 0.2) is 18.2 Å². The first-order valence-corrected chi connectivity index (χ1v) is 6.71. The molecule has 3 nitrogen and oxygen atoms in total. The van der Waals surface area contributed by atoms with Crippen LogP contribution >= 0.6 is 0 Å². The molecule has 1 aliphatic rings. The molecule has 1 atom stereocenters. The molecule has 2 rings (SSSR count). The van der Waals surface area contributed by atoms with E-state index in [-0.39, 0.29) is 6.10 Å². The number of fused-ring (bicyclic) bond motifs is 1. The molecule has 1 heterocycles. The average Bonchev–Trinajstić information content (AvgIpc) is 2.84. The fourth-order valence-corrected chi connectivity index (χ4v) is 2.34. The first-order valence-electron chi connectivity index (χ1n) is 6.71. The number of ether oxygens (including phenoxy) is 2. The van der Waals surface area contributed by atoms with E-state index in [0.29, 0.717) is 0 Å². The quantitative estimate of drug-likeness (QED) is 0.755. The second-order valence-corrected chi connectivity index (χ2v) is 4.87. The summed E-state index contributed by atoms with van der Waals surface area (Å²) in [7, 11) is 1.69. The SMILES string of the molecule is COCCCC(O)CCc1ccc2c(c1)CCO2. The topological polar surface area (TPSA) is 38.7 Å². The minimum atomic E-state index is -0.218. The molecular weight excluding hydrogens is 228 g/mol. The molecule has 0 radical (unpaired) electrons. The summed E-state index contributed by atoms with van der Waals surface area (Å²) >= 11 is 0. The molecule has 1 N–H and O–H groups in total. The molecule has 3 heteroatoms. The highest BCUT2D eigenvalue weighted by Crippen LogP contribution is 2.26. The van der Waals surface area contributed by atoms with Crippen molar-refractivity contribution in [3.8, 4) is 5.75 Å². The molecule has 0 fully saturated rings. The fourth-order valence-electron chi connectivity index (χ4n) is 2.34. The predicted molar refractivity (Wildman–Crippen MR) is 71.1 cm³/mol. The third-order valence-corrected chi connectivity index (χ3v) is 3.41. The first kappa shape index (κ1) is 13.4. The molecule has 1 aromatic carbocycles. The van der Waals surface area contributed by atoms with Gasteiger partial charge in [0, 0.05) is 20.1 Å². The number of benzene rings is 1. The third kappa shape index (κ3) is 3.72. The summed E-state index contributed by atoms with van der Waals surface area (Å²) in [6, 6.07) is 6.37. The maximum Gasteiger partial charge on any atom is 0.122 e. The van der Waals surface area contributed by atoms with Crippen LogP contribution in [0.3, 0.4) is 0 Å². The van der Waals surface area contributed by atoms with Gasteiger partial charge in [-0.25, -0.2) is 0 Å². The third-order valence-electron chi connectivity index (χ3n) is 3.41. The van der Waals surface area contributed by atoms with Crippen LogP contribution < -0.4 is 4.74 Å². The number of methoxy groups -OCH3 is 1. The van der Waals surface area contributed by atoms with Gasteiger partial charge in [0.15, 0.2) is 0 Å². The van der Waals surface area contributed by atoms with Gasteiger partial charge in [-0.05, 0) is 42.9 Å². The van der Waals surface area contributed by atoms with Gasteiger partial charge in [0.2, 0.25) is 0 Å². The monoisotopic (exact) mass is 250 g/mol. The Labute approximate surface area is 109 Å². The lowest BCUT2D eigenvalue weighted by molar-refractivity contribution is 0.128. The number of aliphatic hydroxyl groups excluding tert-OH is 1. The van der Waals surface area contributed by atoms with Crippen molar-refractivity contribution in [3.05, 3.63) is 29.3 Å². The van der Waals surface area contributed by atoms with Crippen molar-refractivity contribution in [3.63, 3.8) is 0 Å². The lowest BCUT2D eigenvalue weighted by Gasteiger charge is -2.10. The van der Waals surface area contributed by atoms with Gasteiger partial charge in [0.1, 0.15) is 5.75 Å². The Kier molecular flexibility index (Phi) is 5.02. The van der Waals surface area contributed by atoms with Gasteiger partial charge in [-0.15, -0.1) is 0 Å². The Morgan fingerprint density at radius 1 is 1.39 bits per heavy atom. The van der Waals surface area contributed by atoms with Crippen molar-refractivity contribution in [1.29, 1.82) is 0 Å². The molecule has 0 saturated heterocycles. The molecule has 0 amide bonds. The summed E-state index contributed by atoms with van der Waals surface area (Å²) in [6.45, 7) is 1.53. The number of aryl methyl sites for hydroxylation is 1. The van der Waals surface area contributed by atoms with Gasteiger partial charge >= 0.3 is 0 Å². The normalized spacial score (nSPS) is 15.2. The summed E-state index contributed by atoms with van der Waals surface area (Å²) in [4.78, 5) is 0. The van der Waals surface area contributed by atoms with E-state index >= 15 is 0 Å². The van der Waals surface area contributed by atoms with Crippen LogP contribution in [0, 0.1) is 0 Å². The zero-order chi connectivity index (χ0) is 12.8. The number of hydrogen-bond donors (Lipinski definition) is 1. The summed E-state index contributed by atoms with van der Waals surface area (Å²) in [5, 5.41) is 9.85. The van der Waals surface area contributed by atoms with Crippen LogP contribution in [0.25, 0.3) is 0 Å². The molecule has 0 aromatic heterocycles. The lowest BCUT2D eigenvalue weighted by atomic mass is 10.0. The highest BCUT2D eigenvalue weighted by molar-refractivity contribution is 5.39. The van der Waals surface area contributed by atoms with Crippen molar-refractivity contribution < 1.29 is 14.6 Å². The van der Waals surface area contributed by atoms with E-state index in [4.69, 9.17) is 9.47 Å². The zero-order valence-corrected chi connectivity index (χ0v) is 11.0. The van der Waals surface area contributed by atoms with Crippen molar-refractivity contribution in [1.82, 2.24) is 0 Å². The molecule has 0 bridgehead atoms. The second kappa shape index (κ2) is 6.76. The smallest absolute Gasteiger partial charge is 0.122 e. The summed E-state index contributed by atoms with van der Waals surface area (Å²) in [5.41, 5.74) is 2.60. The Balaban J connectivity index is 1.76. The van der Waals surface area contributed by atoms with E-state index in [0.717, 1.165) is 51.1 Å². The summed E-state index contributed by atoms with van der Waals surface area (Å²) in [5.74, 6) is 1.03. The molecule has 1 aliphatic heterocycles. The van der Waals surface area contributed by atoms with E-state index in [1.807, 2.05) is 0 Å². The highest BCUT2D eigenvalue weighted by Gasteiger charge is 2.12. The van der Waals surface area contributed by atoms with Crippen molar-refractivity contribution in [2.45, 2.75) is 38.2 Å². The Bertz CT molecular complexity index is 376. The maximum atomic E-state index is 9.85. The van der Waals surface area contributed by atoms with Crippen molar-refractivity contribution in [2.75, 3.05) is 20.3 Å². The second-order valence-electron chi connectivity index (χ2n) is 4.87. The van der Waals surface area contributed by atoms with Crippen LogP contribution in [0.4, 0.5) is 0 Å². The largest absolute Gasteiger partial charge is 0.493 e. The molecule has 0 spiro atoms. The van der Waals surface area contributed by atoms with Crippen molar-refractivity contribution in [2.24, 2.45) is 0 Å². The number of aliphatic hydroxyl groups is 1.